The van der Waals surface area contributed by atoms with Gasteiger partial charge in [-0.05, 0) is 12.1 Å². The van der Waals surface area contributed by atoms with E-state index in [1.54, 1.807) is 6.07 Å². The molecule has 12 heteroatoms. The number of aromatic hydroxyl groups is 1. The van der Waals surface area contributed by atoms with Crippen molar-refractivity contribution in [1.82, 2.24) is 0 Å². The van der Waals surface area contributed by atoms with Crippen LogP contribution in [0.15, 0.2) is 39.5 Å². The van der Waals surface area contributed by atoms with Crippen LogP contribution in [0.3, 0.4) is 0 Å². The molecule has 1 aromatic heterocycles. The van der Waals surface area contributed by atoms with E-state index in [-0.39, 0.29) is 45.3 Å². The van der Waals surface area contributed by atoms with E-state index in [9.17, 15) is 30.3 Å². The van der Waals surface area contributed by atoms with Crippen molar-refractivity contribution in [1.29, 1.82) is 0 Å². The number of phenols is 1. The Balaban J connectivity index is 1.88. The van der Waals surface area contributed by atoms with E-state index in [0.717, 1.165) is 0 Å². The number of hydrogen-bond donors (Lipinski definition) is 5. The molecule has 1 aliphatic rings. The highest BCUT2D eigenvalue weighted by Crippen LogP contribution is 2.41. The standard InChI is InChI=1S/C24H26O12/c1-31-10-4-5-12(14(7-10)35-24-21(30)20(29)18(27)16(9-25)36-24)22-23(33-3)19(28)17-13(26)6-11(32-2)8-15(17)34-22/h4-8,16,18,20-21,24-27,29-30H,9H2,1-3H3/t16?,18-,20+,21?,24-/m1/s1. The van der Waals surface area contributed by atoms with Gasteiger partial charge in [0.05, 0.1) is 33.5 Å². The third-order valence-corrected chi connectivity index (χ3v) is 5.87. The Hall–Kier alpha value is -3.55. The topological polar surface area (TPSA) is 178 Å². The lowest BCUT2D eigenvalue weighted by Crippen LogP contribution is -2.60. The lowest BCUT2D eigenvalue weighted by atomic mass is 9.99. The monoisotopic (exact) mass is 506 g/mol. The summed E-state index contributed by atoms with van der Waals surface area (Å²) in [5.74, 6) is -0.120. The molecule has 0 amide bonds. The Labute approximate surface area is 204 Å². The van der Waals surface area contributed by atoms with Crippen molar-refractivity contribution in [2.75, 3.05) is 27.9 Å². The zero-order valence-corrected chi connectivity index (χ0v) is 19.6. The second-order valence-corrected chi connectivity index (χ2v) is 7.99. The van der Waals surface area contributed by atoms with Crippen LogP contribution in [0, 0.1) is 0 Å². The Kier molecular flexibility index (Phi) is 7.24. The fourth-order valence-electron chi connectivity index (χ4n) is 3.94. The normalized spacial score (nSPS) is 23.9. The smallest absolute Gasteiger partial charge is 0.239 e. The highest BCUT2D eigenvalue weighted by atomic mass is 16.7. The molecule has 194 valence electrons. The largest absolute Gasteiger partial charge is 0.507 e. The first-order valence-electron chi connectivity index (χ1n) is 10.8. The third kappa shape index (κ3) is 4.40. The minimum Gasteiger partial charge on any atom is -0.507 e. The van der Waals surface area contributed by atoms with Crippen molar-refractivity contribution in [3.05, 3.63) is 40.6 Å². The zero-order chi connectivity index (χ0) is 26.1. The van der Waals surface area contributed by atoms with Crippen LogP contribution in [0.4, 0.5) is 0 Å². The summed E-state index contributed by atoms with van der Waals surface area (Å²) in [4.78, 5) is 13.2. The van der Waals surface area contributed by atoms with Crippen molar-refractivity contribution in [3.63, 3.8) is 0 Å². The number of aliphatic hydroxyl groups excluding tert-OH is 4. The van der Waals surface area contributed by atoms with Gasteiger partial charge in [0.15, 0.2) is 5.76 Å². The van der Waals surface area contributed by atoms with Crippen LogP contribution in [-0.2, 0) is 4.74 Å². The number of hydrogen-bond acceptors (Lipinski definition) is 12. The van der Waals surface area contributed by atoms with E-state index < -0.39 is 42.7 Å². The number of phenolic OH excluding ortho intramolecular Hbond substituents is 1. The molecule has 2 aromatic carbocycles. The van der Waals surface area contributed by atoms with Gasteiger partial charge < -0.3 is 53.6 Å². The van der Waals surface area contributed by atoms with Gasteiger partial charge in [0.1, 0.15) is 58.4 Å². The van der Waals surface area contributed by atoms with Crippen LogP contribution in [0.1, 0.15) is 0 Å². The predicted octanol–water partition coefficient (Wildman–Crippen LogP) is 0.370. The number of aliphatic hydroxyl groups is 4. The molecular weight excluding hydrogens is 480 g/mol. The third-order valence-electron chi connectivity index (χ3n) is 5.87. The van der Waals surface area contributed by atoms with Crippen LogP contribution in [0.5, 0.6) is 28.7 Å². The van der Waals surface area contributed by atoms with Gasteiger partial charge in [0.25, 0.3) is 0 Å². The molecule has 0 aliphatic carbocycles. The molecule has 1 aliphatic heterocycles. The molecule has 1 fully saturated rings. The minimum atomic E-state index is -1.69. The van der Waals surface area contributed by atoms with Crippen LogP contribution in [-0.4, -0.2) is 84.2 Å². The Bertz CT molecular complexity index is 1300. The second kappa shape index (κ2) is 10.2. The van der Waals surface area contributed by atoms with Gasteiger partial charge in [-0.2, -0.15) is 0 Å². The van der Waals surface area contributed by atoms with E-state index in [2.05, 4.69) is 0 Å². The van der Waals surface area contributed by atoms with E-state index in [4.69, 9.17) is 28.1 Å². The summed E-state index contributed by atoms with van der Waals surface area (Å²) in [6, 6.07) is 7.16. The van der Waals surface area contributed by atoms with E-state index in [1.165, 1.54) is 45.6 Å². The Morgan fingerprint density at radius 1 is 0.917 bits per heavy atom. The van der Waals surface area contributed by atoms with Crippen LogP contribution in [0.2, 0.25) is 0 Å². The Morgan fingerprint density at radius 3 is 2.28 bits per heavy atom. The zero-order valence-electron chi connectivity index (χ0n) is 19.6. The average molecular weight is 506 g/mol. The van der Waals surface area contributed by atoms with Gasteiger partial charge in [-0.1, -0.05) is 0 Å². The molecule has 4 rings (SSSR count). The number of rotatable bonds is 7. The minimum absolute atomic E-state index is 0.00209. The SMILES string of the molecule is COc1ccc(-c2oc3cc(OC)cc(O)c3c(=O)c2OC)c(O[C@@H]2OC(CO)[C@@H](O)[C@H](O)C2O)c1. The van der Waals surface area contributed by atoms with Gasteiger partial charge in [-0.15, -0.1) is 0 Å². The van der Waals surface area contributed by atoms with Crippen molar-refractivity contribution >= 4 is 11.0 Å². The van der Waals surface area contributed by atoms with Gasteiger partial charge in [-0.3, -0.25) is 4.79 Å². The molecule has 3 aromatic rings. The first-order chi connectivity index (χ1) is 17.2. The highest BCUT2D eigenvalue weighted by molar-refractivity contribution is 5.89. The van der Waals surface area contributed by atoms with E-state index in [1.807, 2.05) is 0 Å². The summed E-state index contributed by atoms with van der Waals surface area (Å²) in [7, 11) is 4.06. The van der Waals surface area contributed by atoms with Crippen LogP contribution < -0.4 is 24.4 Å². The molecule has 5 N–H and O–H groups in total. The summed E-state index contributed by atoms with van der Waals surface area (Å²) >= 11 is 0. The van der Waals surface area contributed by atoms with E-state index >= 15 is 0 Å². The first-order valence-corrected chi connectivity index (χ1v) is 10.8. The van der Waals surface area contributed by atoms with Gasteiger partial charge in [0.2, 0.25) is 17.5 Å². The first kappa shape index (κ1) is 25.5. The quantitative estimate of drug-likeness (QED) is 0.298. The van der Waals surface area contributed by atoms with Crippen LogP contribution >= 0.6 is 0 Å². The maximum atomic E-state index is 13.2. The van der Waals surface area contributed by atoms with Gasteiger partial charge in [0, 0.05) is 18.2 Å². The molecule has 36 heavy (non-hydrogen) atoms. The molecule has 0 bridgehead atoms. The maximum absolute atomic E-state index is 13.2. The summed E-state index contributed by atoms with van der Waals surface area (Å²) in [6.45, 7) is -0.644. The van der Waals surface area contributed by atoms with Crippen LogP contribution in [0.25, 0.3) is 22.3 Å². The van der Waals surface area contributed by atoms with Crippen molar-refractivity contribution in [3.8, 4) is 40.1 Å². The molecule has 12 nitrogen and oxygen atoms in total. The number of methoxy groups -OCH3 is 3. The molecule has 1 saturated heterocycles. The lowest BCUT2D eigenvalue weighted by Gasteiger charge is -2.39. The maximum Gasteiger partial charge on any atom is 0.239 e. The predicted molar refractivity (Wildman–Crippen MR) is 124 cm³/mol. The number of ether oxygens (including phenoxy) is 5. The molecule has 5 atom stereocenters. The van der Waals surface area contributed by atoms with Crippen molar-refractivity contribution in [2.24, 2.45) is 0 Å². The molecule has 0 spiro atoms. The van der Waals surface area contributed by atoms with Gasteiger partial charge >= 0.3 is 0 Å². The fourth-order valence-corrected chi connectivity index (χ4v) is 3.94. The summed E-state index contributed by atoms with van der Waals surface area (Å²) in [5.41, 5.74) is -0.489. The fraction of sp³-hybridized carbons (Fsp3) is 0.375. The molecule has 0 radical (unpaired) electrons. The Morgan fingerprint density at radius 2 is 1.64 bits per heavy atom. The second-order valence-electron chi connectivity index (χ2n) is 7.99. The molecule has 2 heterocycles. The highest BCUT2D eigenvalue weighted by Gasteiger charge is 2.45. The summed E-state index contributed by atoms with van der Waals surface area (Å²) < 4.78 is 33.0. The van der Waals surface area contributed by atoms with Gasteiger partial charge in [-0.25, -0.2) is 0 Å². The van der Waals surface area contributed by atoms with E-state index in [0.29, 0.717) is 5.75 Å². The molecule has 2 unspecified atom stereocenters. The average Bonchev–Trinajstić information content (AvgIpc) is 2.88. The summed E-state index contributed by atoms with van der Waals surface area (Å²) in [5, 5.41) is 50.3. The van der Waals surface area contributed by atoms with Crippen molar-refractivity contribution < 1.29 is 53.6 Å². The lowest BCUT2D eigenvalue weighted by molar-refractivity contribution is -0.277. The number of benzene rings is 2. The summed E-state index contributed by atoms with van der Waals surface area (Å²) in [6.07, 6.45) is -7.65. The molecule has 0 saturated carbocycles. The number of fused-ring (bicyclic) bond motifs is 1. The van der Waals surface area contributed by atoms with Crippen molar-refractivity contribution in [2.45, 2.75) is 30.7 Å². The molecular formula is C24H26O12.